The van der Waals surface area contributed by atoms with Gasteiger partial charge in [0.2, 0.25) is 0 Å². The number of para-hydroxylation sites is 2. The van der Waals surface area contributed by atoms with E-state index in [9.17, 15) is 0 Å². The molecular weight excluding hydrogens is 166 g/mol. The lowest BCUT2D eigenvalue weighted by Gasteiger charge is -2.09. The van der Waals surface area contributed by atoms with E-state index in [2.05, 4.69) is 5.32 Å². The molecule has 0 bridgehead atoms. The summed E-state index contributed by atoms with van der Waals surface area (Å²) in [5, 5.41) is 3.94. The van der Waals surface area contributed by atoms with Gasteiger partial charge in [0.05, 0.1) is 7.11 Å². The maximum absolute atomic E-state index is 5.45. The number of benzene rings is 1. The molecule has 1 aromatic carbocycles. The van der Waals surface area contributed by atoms with Crippen LogP contribution in [0, 0.1) is 0 Å². The normalized spacial score (nSPS) is 9.69. The van der Waals surface area contributed by atoms with Crippen molar-refractivity contribution in [2.45, 2.75) is 0 Å². The lowest BCUT2D eigenvalue weighted by atomic mass is 10.3. The van der Waals surface area contributed by atoms with Crippen LogP contribution in [0.1, 0.15) is 0 Å². The molecule has 0 unspecified atom stereocenters. The smallest absolute Gasteiger partial charge is 0.161 e. The highest BCUT2D eigenvalue weighted by Gasteiger charge is 2.00. The summed E-state index contributed by atoms with van der Waals surface area (Å²) in [6, 6.07) is 7.59. The Balaban J connectivity index is 2.54. The molecule has 0 aromatic heterocycles. The van der Waals surface area contributed by atoms with E-state index in [4.69, 9.17) is 9.47 Å². The quantitative estimate of drug-likeness (QED) is 0.640. The second-order valence-corrected chi connectivity index (χ2v) is 2.54. The molecule has 0 aliphatic heterocycles. The molecule has 0 heterocycles. The third-order valence-corrected chi connectivity index (χ3v) is 1.64. The molecule has 0 spiro atoms. The highest BCUT2D eigenvalue weighted by atomic mass is 16.5. The Hall–Kier alpha value is -1.22. The summed E-state index contributed by atoms with van der Waals surface area (Å²) in [6.45, 7) is 1.30. The minimum absolute atomic E-state index is 0.594. The number of rotatable bonds is 5. The number of hydrogen-bond acceptors (Lipinski definition) is 2. The Kier molecular flexibility index (Phi) is 4.12. The molecule has 0 saturated heterocycles. The SMILES string of the molecule is C[N]CCOc1ccccc1OC. The fourth-order valence-electron chi connectivity index (χ4n) is 0.985. The zero-order chi connectivity index (χ0) is 9.52. The molecule has 0 fully saturated rings. The van der Waals surface area contributed by atoms with Crippen LogP contribution >= 0.6 is 0 Å². The summed E-state index contributed by atoms with van der Waals surface area (Å²) < 4.78 is 10.6. The van der Waals surface area contributed by atoms with Gasteiger partial charge in [-0.1, -0.05) is 12.1 Å². The Morgan fingerprint density at radius 3 is 2.54 bits per heavy atom. The molecule has 0 atom stereocenters. The molecule has 1 rings (SSSR count). The maximum Gasteiger partial charge on any atom is 0.161 e. The molecule has 3 nitrogen and oxygen atoms in total. The first-order valence-electron chi connectivity index (χ1n) is 4.20. The summed E-state index contributed by atoms with van der Waals surface area (Å²) in [7, 11) is 3.40. The van der Waals surface area contributed by atoms with E-state index < -0.39 is 0 Å². The summed E-state index contributed by atoms with van der Waals surface area (Å²) in [5.41, 5.74) is 0. The maximum atomic E-state index is 5.45. The molecule has 13 heavy (non-hydrogen) atoms. The van der Waals surface area contributed by atoms with Gasteiger partial charge in [-0.05, 0) is 12.1 Å². The first-order chi connectivity index (χ1) is 6.38. The fourth-order valence-corrected chi connectivity index (χ4v) is 0.985. The first-order valence-corrected chi connectivity index (χ1v) is 4.20. The standard InChI is InChI=1S/C10H14NO2/c1-11-7-8-13-10-6-4-3-5-9(10)12-2/h3-6H,7-8H2,1-2H3. The van der Waals surface area contributed by atoms with Gasteiger partial charge in [0.15, 0.2) is 11.5 Å². The Morgan fingerprint density at radius 1 is 1.23 bits per heavy atom. The zero-order valence-electron chi connectivity index (χ0n) is 7.99. The van der Waals surface area contributed by atoms with E-state index in [-0.39, 0.29) is 0 Å². The second kappa shape index (κ2) is 5.43. The van der Waals surface area contributed by atoms with E-state index in [1.165, 1.54) is 0 Å². The summed E-state index contributed by atoms with van der Waals surface area (Å²) >= 11 is 0. The van der Waals surface area contributed by atoms with Gasteiger partial charge in [-0.3, -0.25) is 0 Å². The lowest BCUT2D eigenvalue weighted by Crippen LogP contribution is -2.10. The average Bonchev–Trinajstić information content (AvgIpc) is 2.19. The summed E-state index contributed by atoms with van der Waals surface area (Å²) in [4.78, 5) is 0. The molecular formula is C10H14NO2. The van der Waals surface area contributed by atoms with Crippen molar-refractivity contribution in [2.24, 2.45) is 0 Å². The van der Waals surface area contributed by atoms with Gasteiger partial charge in [-0.2, -0.15) is 0 Å². The van der Waals surface area contributed by atoms with Crippen LogP contribution in [-0.4, -0.2) is 27.3 Å². The van der Waals surface area contributed by atoms with Crippen LogP contribution in [0.4, 0.5) is 0 Å². The number of hydrogen-bond donors (Lipinski definition) is 0. The van der Waals surface area contributed by atoms with Gasteiger partial charge in [0, 0.05) is 13.6 Å². The van der Waals surface area contributed by atoms with E-state index in [1.54, 1.807) is 14.2 Å². The molecule has 1 aromatic rings. The third kappa shape index (κ3) is 2.95. The van der Waals surface area contributed by atoms with Crippen LogP contribution in [0.5, 0.6) is 11.5 Å². The van der Waals surface area contributed by atoms with E-state index in [1.807, 2.05) is 24.3 Å². The van der Waals surface area contributed by atoms with Crippen molar-refractivity contribution >= 4 is 0 Å². The topological polar surface area (TPSA) is 32.6 Å². The number of likely N-dealkylation sites (N-methyl/N-ethyl adjacent to an activating group) is 1. The number of methoxy groups -OCH3 is 1. The van der Waals surface area contributed by atoms with E-state index in [0.717, 1.165) is 11.5 Å². The van der Waals surface area contributed by atoms with Crippen LogP contribution in [-0.2, 0) is 0 Å². The molecule has 0 saturated carbocycles. The molecule has 0 aliphatic rings. The summed E-state index contributed by atoms with van der Waals surface area (Å²) in [6.07, 6.45) is 0. The van der Waals surface area contributed by atoms with Gasteiger partial charge in [-0.25, -0.2) is 5.32 Å². The van der Waals surface area contributed by atoms with Crippen molar-refractivity contribution in [1.29, 1.82) is 0 Å². The number of nitrogens with zero attached hydrogens (tertiary/aromatic N) is 1. The molecule has 71 valence electrons. The minimum atomic E-state index is 0.594. The van der Waals surface area contributed by atoms with Crippen LogP contribution < -0.4 is 14.8 Å². The Morgan fingerprint density at radius 2 is 1.92 bits per heavy atom. The van der Waals surface area contributed by atoms with Crippen molar-refractivity contribution in [2.75, 3.05) is 27.3 Å². The van der Waals surface area contributed by atoms with Crippen LogP contribution in [0.3, 0.4) is 0 Å². The fraction of sp³-hybridized carbons (Fsp3) is 0.400. The third-order valence-electron chi connectivity index (χ3n) is 1.64. The highest BCUT2D eigenvalue weighted by molar-refractivity contribution is 5.39. The van der Waals surface area contributed by atoms with Gasteiger partial charge in [-0.15, -0.1) is 0 Å². The van der Waals surface area contributed by atoms with Crippen molar-refractivity contribution < 1.29 is 9.47 Å². The molecule has 3 heteroatoms. The van der Waals surface area contributed by atoms with Crippen LogP contribution in [0.25, 0.3) is 0 Å². The molecule has 1 radical (unpaired) electrons. The molecule has 0 amide bonds. The highest BCUT2D eigenvalue weighted by Crippen LogP contribution is 2.25. The van der Waals surface area contributed by atoms with Crippen molar-refractivity contribution in [3.63, 3.8) is 0 Å². The predicted molar refractivity (Wildman–Crippen MR) is 51.4 cm³/mol. The van der Waals surface area contributed by atoms with Gasteiger partial charge in [0.25, 0.3) is 0 Å². The van der Waals surface area contributed by atoms with Crippen LogP contribution in [0.15, 0.2) is 24.3 Å². The van der Waals surface area contributed by atoms with Crippen molar-refractivity contribution in [3.8, 4) is 11.5 Å². The van der Waals surface area contributed by atoms with Gasteiger partial charge in [0.1, 0.15) is 6.61 Å². The van der Waals surface area contributed by atoms with Crippen LogP contribution in [0.2, 0.25) is 0 Å². The summed E-state index contributed by atoms with van der Waals surface area (Å²) in [5.74, 6) is 1.53. The lowest BCUT2D eigenvalue weighted by molar-refractivity contribution is 0.294. The van der Waals surface area contributed by atoms with Crippen molar-refractivity contribution in [3.05, 3.63) is 24.3 Å². The van der Waals surface area contributed by atoms with Gasteiger partial charge >= 0.3 is 0 Å². The van der Waals surface area contributed by atoms with Crippen molar-refractivity contribution in [1.82, 2.24) is 5.32 Å². The van der Waals surface area contributed by atoms with E-state index in [0.29, 0.717) is 13.2 Å². The second-order valence-electron chi connectivity index (χ2n) is 2.54. The monoisotopic (exact) mass is 180 g/mol. The number of ether oxygens (including phenoxy) is 2. The van der Waals surface area contributed by atoms with Gasteiger partial charge < -0.3 is 9.47 Å². The zero-order valence-corrected chi connectivity index (χ0v) is 7.99. The Labute approximate surface area is 78.7 Å². The average molecular weight is 180 g/mol. The predicted octanol–water partition coefficient (Wildman–Crippen LogP) is 1.31. The Bertz CT molecular complexity index is 250. The minimum Gasteiger partial charge on any atom is -0.493 e. The largest absolute Gasteiger partial charge is 0.493 e. The first kappa shape index (κ1) is 9.86. The van der Waals surface area contributed by atoms with E-state index >= 15 is 0 Å². The molecule has 0 N–H and O–H groups in total. The molecule has 0 aliphatic carbocycles.